The van der Waals surface area contributed by atoms with Crippen LogP contribution in [0.1, 0.15) is 32.8 Å². The smallest absolute Gasteiger partial charge is 0.251 e. The molecule has 6 nitrogen and oxygen atoms in total. The Morgan fingerprint density at radius 2 is 1.78 bits per heavy atom. The zero-order valence-corrected chi connectivity index (χ0v) is 19.4. The number of nitrogens with zero attached hydrogens (tertiary/aromatic N) is 4. The molecule has 4 rings (SSSR count). The van der Waals surface area contributed by atoms with E-state index in [1.807, 2.05) is 26.0 Å². The molecule has 32 heavy (non-hydrogen) atoms. The highest BCUT2D eigenvalue weighted by atomic mass is 16.3. The van der Waals surface area contributed by atoms with Crippen molar-refractivity contribution >= 4 is 22.6 Å². The van der Waals surface area contributed by atoms with Crippen LogP contribution in [0.3, 0.4) is 0 Å². The molecule has 0 aliphatic carbocycles. The molecule has 1 amide bonds. The molecule has 1 atom stereocenters. The number of amides is 1. The number of hydrogen-bond acceptors (Lipinski definition) is 5. The van der Waals surface area contributed by atoms with Crippen molar-refractivity contribution in [3.63, 3.8) is 0 Å². The van der Waals surface area contributed by atoms with E-state index in [9.17, 15) is 9.90 Å². The summed E-state index contributed by atoms with van der Waals surface area (Å²) in [7, 11) is 0. The molecule has 1 N–H and O–H groups in total. The van der Waals surface area contributed by atoms with Gasteiger partial charge in [0, 0.05) is 38.6 Å². The van der Waals surface area contributed by atoms with Gasteiger partial charge in [-0.05, 0) is 49.4 Å². The van der Waals surface area contributed by atoms with Crippen LogP contribution in [0.2, 0.25) is 0 Å². The number of rotatable bonds is 5. The third-order valence-corrected chi connectivity index (χ3v) is 6.09. The number of aromatic nitrogens is 2. The molecule has 2 heterocycles. The zero-order chi connectivity index (χ0) is 22.8. The van der Waals surface area contributed by atoms with E-state index < -0.39 is 6.10 Å². The summed E-state index contributed by atoms with van der Waals surface area (Å²) in [6, 6.07) is 14.4. The van der Waals surface area contributed by atoms with Crippen LogP contribution in [0.15, 0.2) is 42.5 Å². The van der Waals surface area contributed by atoms with Crippen molar-refractivity contribution in [2.24, 2.45) is 5.92 Å². The summed E-state index contributed by atoms with van der Waals surface area (Å²) in [5.41, 5.74) is 4.26. The molecule has 0 unspecified atom stereocenters. The fraction of sp³-hybridized carbons (Fsp3) is 0.423. The molecule has 0 saturated carbocycles. The van der Waals surface area contributed by atoms with Crippen LogP contribution in [-0.4, -0.2) is 58.2 Å². The number of piperazine rings is 1. The second-order valence-corrected chi connectivity index (χ2v) is 9.16. The Bertz CT molecular complexity index is 1130. The minimum absolute atomic E-state index is 0. The number of fused-ring (bicyclic) bond motifs is 1. The first kappa shape index (κ1) is 22.2. The molecule has 0 radical (unpaired) electrons. The molecule has 1 aliphatic rings. The van der Waals surface area contributed by atoms with Gasteiger partial charge in [0.05, 0.1) is 5.52 Å². The predicted octanol–water partition coefficient (Wildman–Crippen LogP) is 4.22. The first-order valence-corrected chi connectivity index (χ1v) is 11.4. The molecule has 1 aliphatic heterocycles. The highest BCUT2D eigenvalue weighted by molar-refractivity contribution is 5.92. The number of anilines is 1. The maximum absolute atomic E-state index is 12.6. The summed E-state index contributed by atoms with van der Waals surface area (Å²) in [5, 5.41) is 11.3. The molecular formula is C26H34N4O2. The fourth-order valence-corrected chi connectivity index (χ4v) is 4.30. The normalized spacial score (nSPS) is 15.4. The van der Waals surface area contributed by atoms with Gasteiger partial charge in [0.25, 0.3) is 5.91 Å². The summed E-state index contributed by atoms with van der Waals surface area (Å²) in [6.07, 6.45) is -0.425. The lowest BCUT2D eigenvalue weighted by Crippen LogP contribution is -2.52. The van der Waals surface area contributed by atoms with Gasteiger partial charge in [-0.15, -0.1) is 0 Å². The molecule has 1 fully saturated rings. The number of aryl methyl sites for hydroxylation is 2. The highest BCUT2D eigenvalue weighted by Crippen LogP contribution is 2.30. The first-order valence-electron chi connectivity index (χ1n) is 11.4. The predicted molar refractivity (Wildman–Crippen MR) is 131 cm³/mol. The van der Waals surface area contributed by atoms with Gasteiger partial charge in [-0.25, -0.2) is 9.97 Å². The maximum Gasteiger partial charge on any atom is 0.251 e. The van der Waals surface area contributed by atoms with Gasteiger partial charge in [0.1, 0.15) is 11.9 Å². The molecule has 6 heteroatoms. The first-order chi connectivity index (χ1) is 15.3. The monoisotopic (exact) mass is 434 g/mol. The lowest BCUT2D eigenvalue weighted by molar-refractivity contribution is -0.141. The van der Waals surface area contributed by atoms with E-state index in [0.717, 1.165) is 39.2 Å². The topological polar surface area (TPSA) is 69.6 Å². The number of carbonyl (C=O) groups excluding carboxylic acids is 1. The third-order valence-electron chi connectivity index (χ3n) is 6.09. The van der Waals surface area contributed by atoms with Gasteiger partial charge in [-0.1, -0.05) is 44.2 Å². The van der Waals surface area contributed by atoms with Crippen LogP contribution in [0.25, 0.3) is 22.3 Å². The Morgan fingerprint density at radius 1 is 1.06 bits per heavy atom. The standard InChI is InChI=1S/C26H32N4O2.H2/c1-17(2)15-23(31)26(32)30-13-11-29(12-14-30)25-21-10-9-18(3)16-22(21)27-24(28-25)20-8-6-5-7-19(20)4;/h5-10,16-17,23,31H,11-15H2,1-4H3;1H/t23-;/m1./s1. The number of hydrogen-bond donors (Lipinski definition) is 1. The largest absolute Gasteiger partial charge is 0.383 e. The van der Waals surface area contributed by atoms with Gasteiger partial charge in [-0.3, -0.25) is 4.79 Å². The molecule has 170 valence electrons. The van der Waals surface area contributed by atoms with Gasteiger partial charge in [0.15, 0.2) is 5.82 Å². The average Bonchev–Trinajstić information content (AvgIpc) is 2.77. The van der Waals surface area contributed by atoms with Crippen molar-refractivity contribution in [3.05, 3.63) is 53.6 Å². The minimum Gasteiger partial charge on any atom is -0.383 e. The van der Waals surface area contributed by atoms with Crippen molar-refractivity contribution in [1.29, 1.82) is 0 Å². The lowest BCUT2D eigenvalue weighted by atomic mass is 10.0. The SMILES string of the molecule is Cc1ccc2c(N3CCN(C(=O)[C@H](O)CC(C)C)CC3)nc(-c3ccccc3C)nc2c1.[HH]. The lowest BCUT2D eigenvalue weighted by Gasteiger charge is -2.37. The van der Waals surface area contributed by atoms with Gasteiger partial charge < -0.3 is 14.9 Å². The molecule has 1 saturated heterocycles. The van der Waals surface area contributed by atoms with E-state index in [-0.39, 0.29) is 13.3 Å². The third kappa shape index (κ3) is 4.60. The Labute approximate surface area is 191 Å². The van der Waals surface area contributed by atoms with Crippen LogP contribution in [0.5, 0.6) is 0 Å². The van der Waals surface area contributed by atoms with Crippen LogP contribution >= 0.6 is 0 Å². The van der Waals surface area contributed by atoms with Crippen molar-refractivity contribution < 1.29 is 11.3 Å². The van der Waals surface area contributed by atoms with Crippen LogP contribution in [0.4, 0.5) is 5.82 Å². The summed E-state index contributed by atoms with van der Waals surface area (Å²) in [6.45, 7) is 10.7. The van der Waals surface area contributed by atoms with Crippen molar-refractivity contribution in [3.8, 4) is 11.4 Å². The number of benzene rings is 2. The molecule has 2 aromatic carbocycles. The summed E-state index contributed by atoms with van der Waals surface area (Å²) >= 11 is 0. The van der Waals surface area contributed by atoms with Crippen LogP contribution in [-0.2, 0) is 4.79 Å². The Hall–Kier alpha value is -2.99. The molecule has 1 aromatic heterocycles. The minimum atomic E-state index is -0.919. The van der Waals surface area contributed by atoms with E-state index in [2.05, 4.69) is 49.1 Å². The quantitative estimate of drug-likeness (QED) is 0.651. The number of carbonyl (C=O) groups is 1. The molecule has 3 aromatic rings. The van der Waals surface area contributed by atoms with Crippen molar-refractivity contribution in [1.82, 2.24) is 14.9 Å². The van der Waals surface area contributed by atoms with Gasteiger partial charge in [-0.2, -0.15) is 0 Å². The number of aliphatic hydroxyl groups is 1. The fourth-order valence-electron chi connectivity index (χ4n) is 4.30. The van der Waals surface area contributed by atoms with E-state index in [1.165, 1.54) is 0 Å². The Kier molecular flexibility index (Phi) is 6.42. The van der Waals surface area contributed by atoms with Gasteiger partial charge in [0.2, 0.25) is 0 Å². The molecule has 0 bridgehead atoms. The second kappa shape index (κ2) is 9.25. The maximum atomic E-state index is 12.6. The molecule has 0 spiro atoms. The van der Waals surface area contributed by atoms with E-state index in [4.69, 9.17) is 9.97 Å². The van der Waals surface area contributed by atoms with Crippen molar-refractivity contribution in [2.75, 3.05) is 31.1 Å². The van der Waals surface area contributed by atoms with Crippen LogP contribution < -0.4 is 4.90 Å². The van der Waals surface area contributed by atoms with E-state index >= 15 is 0 Å². The zero-order valence-electron chi connectivity index (χ0n) is 19.4. The molecular weight excluding hydrogens is 400 g/mol. The van der Waals surface area contributed by atoms with Crippen LogP contribution in [0, 0.1) is 19.8 Å². The Morgan fingerprint density at radius 3 is 2.47 bits per heavy atom. The summed E-state index contributed by atoms with van der Waals surface area (Å²) in [4.78, 5) is 26.5. The summed E-state index contributed by atoms with van der Waals surface area (Å²) < 4.78 is 0. The van der Waals surface area contributed by atoms with E-state index in [1.54, 1.807) is 4.90 Å². The summed E-state index contributed by atoms with van der Waals surface area (Å²) in [5.74, 6) is 1.75. The average molecular weight is 435 g/mol. The van der Waals surface area contributed by atoms with Crippen molar-refractivity contribution in [2.45, 2.75) is 40.2 Å². The second-order valence-electron chi connectivity index (χ2n) is 9.16. The highest BCUT2D eigenvalue weighted by Gasteiger charge is 2.28. The Balaban J connectivity index is 0.00000306. The van der Waals surface area contributed by atoms with E-state index in [0.29, 0.717) is 32.6 Å². The number of aliphatic hydroxyl groups excluding tert-OH is 1. The van der Waals surface area contributed by atoms with Gasteiger partial charge >= 0.3 is 0 Å².